The first-order chi connectivity index (χ1) is 15.3. The van der Waals surface area contributed by atoms with Gasteiger partial charge in [0.25, 0.3) is 0 Å². The van der Waals surface area contributed by atoms with E-state index in [0.29, 0.717) is 37.6 Å². The molecule has 0 aliphatic carbocycles. The summed E-state index contributed by atoms with van der Waals surface area (Å²) >= 11 is 13.1. The zero-order valence-electron chi connectivity index (χ0n) is 18.2. The molecular formula is C24H27Br2ClN2O3. The topological polar surface area (TPSA) is 58.6 Å². The van der Waals surface area contributed by atoms with Gasteiger partial charge in [0.15, 0.2) is 0 Å². The highest BCUT2D eigenvalue weighted by molar-refractivity contribution is 9.11. The Hall–Kier alpha value is -1.83. The van der Waals surface area contributed by atoms with Crippen LogP contribution in [0.3, 0.4) is 0 Å². The molecule has 32 heavy (non-hydrogen) atoms. The molecule has 0 spiro atoms. The first-order valence-corrected chi connectivity index (χ1v) is 12.3. The number of hydrogen-bond donors (Lipinski definition) is 1. The molecule has 2 aromatic carbocycles. The van der Waals surface area contributed by atoms with Crippen molar-refractivity contribution < 1.29 is 14.3 Å². The molecule has 0 radical (unpaired) electrons. The molecule has 0 aliphatic rings. The normalized spacial score (nSPS) is 10.9. The van der Waals surface area contributed by atoms with E-state index in [0.717, 1.165) is 32.2 Å². The van der Waals surface area contributed by atoms with Gasteiger partial charge in [-0.2, -0.15) is 0 Å². The summed E-state index contributed by atoms with van der Waals surface area (Å²) in [6.07, 6.45) is 5.15. The van der Waals surface area contributed by atoms with E-state index in [-0.39, 0.29) is 11.8 Å². The van der Waals surface area contributed by atoms with Crippen molar-refractivity contribution in [3.63, 3.8) is 0 Å². The number of nitrogens with one attached hydrogen (secondary N) is 1. The lowest BCUT2D eigenvalue weighted by atomic mass is 10.1. The van der Waals surface area contributed by atoms with E-state index < -0.39 is 0 Å². The monoisotopic (exact) mass is 584 g/mol. The highest BCUT2D eigenvalue weighted by atomic mass is 79.9. The van der Waals surface area contributed by atoms with Crippen molar-refractivity contribution in [3.8, 4) is 5.75 Å². The van der Waals surface area contributed by atoms with Crippen LogP contribution < -0.4 is 10.1 Å². The Labute approximate surface area is 211 Å². The van der Waals surface area contributed by atoms with E-state index in [9.17, 15) is 9.59 Å². The number of likely N-dealkylation sites (N-methyl/N-ethyl adjacent to an activating group) is 1. The van der Waals surface area contributed by atoms with E-state index >= 15 is 0 Å². The third-order valence-corrected chi connectivity index (χ3v) is 6.08. The Morgan fingerprint density at radius 2 is 1.91 bits per heavy atom. The van der Waals surface area contributed by atoms with Crippen LogP contribution in [-0.2, 0) is 16.0 Å². The van der Waals surface area contributed by atoms with Gasteiger partial charge in [-0.1, -0.05) is 30.7 Å². The fraction of sp³-hybridized carbons (Fsp3) is 0.333. The number of nitrogens with zero attached hydrogens (tertiary/aromatic N) is 1. The Morgan fingerprint density at radius 3 is 2.56 bits per heavy atom. The molecule has 0 saturated carbocycles. The second-order valence-corrected chi connectivity index (χ2v) is 9.33. The van der Waals surface area contributed by atoms with Crippen molar-refractivity contribution in [1.29, 1.82) is 0 Å². The zero-order valence-corrected chi connectivity index (χ0v) is 22.1. The van der Waals surface area contributed by atoms with Crippen LogP contribution in [0.25, 0.3) is 6.08 Å². The summed E-state index contributed by atoms with van der Waals surface area (Å²) in [5, 5.41) is 3.47. The maximum absolute atomic E-state index is 11.9. The second-order valence-electron chi connectivity index (χ2n) is 7.19. The van der Waals surface area contributed by atoms with Crippen LogP contribution in [0.15, 0.2) is 51.4 Å². The molecule has 1 N–H and O–H groups in total. The number of ether oxygens (including phenoxy) is 1. The van der Waals surface area contributed by atoms with Gasteiger partial charge in [-0.15, -0.1) is 0 Å². The van der Waals surface area contributed by atoms with Crippen molar-refractivity contribution in [2.45, 2.75) is 26.2 Å². The van der Waals surface area contributed by atoms with Crippen LogP contribution in [0.4, 0.5) is 0 Å². The third-order valence-electron chi connectivity index (χ3n) is 4.66. The van der Waals surface area contributed by atoms with Gasteiger partial charge in [-0.05, 0) is 86.2 Å². The van der Waals surface area contributed by atoms with Gasteiger partial charge in [0.2, 0.25) is 11.8 Å². The van der Waals surface area contributed by atoms with Crippen LogP contribution >= 0.6 is 43.5 Å². The van der Waals surface area contributed by atoms with Crippen LogP contribution in [0.2, 0.25) is 5.02 Å². The van der Waals surface area contributed by atoms with Crippen molar-refractivity contribution >= 4 is 61.4 Å². The maximum Gasteiger partial charge on any atom is 0.244 e. The molecule has 8 heteroatoms. The van der Waals surface area contributed by atoms with Crippen molar-refractivity contribution in [1.82, 2.24) is 10.2 Å². The molecule has 2 aromatic rings. The van der Waals surface area contributed by atoms with Gasteiger partial charge in [0.1, 0.15) is 5.75 Å². The van der Waals surface area contributed by atoms with Gasteiger partial charge in [-0.25, -0.2) is 0 Å². The number of amides is 2. The van der Waals surface area contributed by atoms with Crippen LogP contribution in [-0.4, -0.2) is 43.5 Å². The zero-order chi connectivity index (χ0) is 23.5. The lowest BCUT2D eigenvalue weighted by Gasteiger charge is -2.17. The van der Waals surface area contributed by atoms with Crippen molar-refractivity contribution in [2.75, 3.05) is 26.7 Å². The first-order valence-electron chi connectivity index (χ1n) is 10.4. The van der Waals surface area contributed by atoms with E-state index in [1.54, 1.807) is 23.1 Å². The molecule has 0 saturated heterocycles. The predicted octanol–water partition coefficient (Wildman–Crippen LogP) is 5.87. The summed E-state index contributed by atoms with van der Waals surface area (Å²) in [6.45, 7) is 3.49. The SMILES string of the molecule is CCC(=O)N(C)CCc1cc(Br)c(OCCCNC(=O)/C=C/c2cccc(Cl)c2)c(Br)c1. The minimum atomic E-state index is -0.164. The van der Waals surface area contributed by atoms with Gasteiger partial charge in [-0.3, -0.25) is 9.59 Å². The highest BCUT2D eigenvalue weighted by Crippen LogP contribution is 2.35. The minimum absolute atomic E-state index is 0.134. The predicted molar refractivity (Wildman–Crippen MR) is 137 cm³/mol. The molecule has 5 nitrogen and oxygen atoms in total. The molecule has 0 aromatic heterocycles. The number of hydrogen-bond acceptors (Lipinski definition) is 3. The number of benzene rings is 2. The molecule has 2 amide bonds. The van der Waals surface area contributed by atoms with Gasteiger partial charge >= 0.3 is 0 Å². The molecular weight excluding hydrogens is 560 g/mol. The van der Waals surface area contributed by atoms with E-state index in [2.05, 4.69) is 37.2 Å². The standard InChI is InChI=1S/C24H27Br2ClN2O3/c1-3-23(31)29(2)12-10-18-15-20(25)24(21(26)16-18)32-13-5-11-28-22(30)9-8-17-6-4-7-19(27)14-17/h4,6-9,14-16H,3,5,10-13H2,1-2H3,(H,28,30)/b9-8+. The van der Waals surface area contributed by atoms with Crippen molar-refractivity contribution in [3.05, 3.63) is 67.6 Å². The fourth-order valence-corrected chi connectivity index (χ4v) is 4.59. The molecule has 0 fully saturated rings. The number of halogens is 3. The van der Waals surface area contributed by atoms with Crippen LogP contribution in [0, 0.1) is 0 Å². The smallest absolute Gasteiger partial charge is 0.244 e. The molecule has 0 unspecified atom stereocenters. The molecule has 0 bridgehead atoms. The average molecular weight is 587 g/mol. The molecule has 0 aliphatic heterocycles. The molecule has 172 valence electrons. The Kier molecular flexibility index (Phi) is 11.3. The van der Waals surface area contributed by atoms with Crippen molar-refractivity contribution in [2.24, 2.45) is 0 Å². The summed E-state index contributed by atoms with van der Waals surface area (Å²) in [5.41, 5.74) is 1.98. The summed E-state index contributed by atoms with van der Waals surface area (Å²) < 4.78 is 7.58. The highest BCUT2D eigenvalue weighted by Gasteiger charge is 2.11. The van der Waals surface area contributed by atoms with Crippen LogP contribution in [0.5, 0.6) is 5.75 Å². The number of carbonyl (C=O) groups is 2. The van der Waals surface area contributed by atoms with E-state index in [4.69, 9.17) is 16.3 Å². The minimum Gasteiger partial charge on any atom is -0.491 e. The summed E-state index contributed by atoms with van der Waals surface area (Å²) in [6, 6.07) is 11.3. The lowest BCUT2D eigenvalue weighted by Crippen LogP contribution is -2.27. The Bertz CT molecular complexity index is 943. The second kappa shape index (κ2) is 13.7. The molecule has 0 heterocycles. The van der Waals surface area contributed by atoms with Gasteiger partial charge in [0, 0.05) is 37.7 Å². The average Bonchev–Trinajstić information content (AvgIpc) is 2.76. The van der Waals surface area contributed by atoms with Gasteiger partial charge < -0.3 is 15.0 Å². The molecule has 0 atom stereocenters. The largest absolute Gasteiger partial charge is 0.491 e. The lowest BCUT2D eigenvalue weighted by molar-refractivity contribution is -0.129. The van der Waals surface area contributed by atoms with E-state index in [1.807, 2.05) is 38.2 Å². The fourth-order valence-electron chi connectivity index (χ4n) is 2.89. The summed E-state index contributed by atoms with van der Waals surface area (Å²) in [7, 11) is 1.82. The van der Waals surface area contributed by atoms with Gasteiger partial charge in [0.05, 0.1) is 15.6 Å². The Balaban J connectivity index is 1.75. The van der Waals surface area contributed by atoms with E-state index in [1.165, 1.54) is 6.08 Å². The summed E-state index contributed by atoms with van der Waals surface area (Å²) in [4.78, 5) is 25.4. The number of carbonyl (C=O) groups excluding carboxylic acids is 2. The Morgan fingerprint density at radius 1 is 1.19 bits per heavy atom. The summed E-state index contributed by atoms with van der Waals surface area (Å²) in [5.74, 6) is 0.692. The quantitative estimate of drug-likeness (QED) is 0.265. The third kappa shape index (κ3) is 8.96. The van der Waals surface area contributed by atoms with Crippen LogP contribution in [0.1, 0.15) is 30.9 Å². The maximum atomic E-state index is 11.9. The number of rotatable bonds is 11. The first kappa shape index (κ1) is 26.4. The molecule has 2 rings (SSSR count).